The smallest absolute Gasteiger partial charge is 0.419 e. The quantitative estimate of drug-likeness (QED) is 0.551. The number of carboxylic acids is 1. The van der Waals surface area contributed by atoms with Crippen LogP contribution in [-0.4, -0.2) is 16.2 Å². The molecule has 8 heteroatoms. The second-order valence-corrected chi connectivity index (χ2v) is 3.17. The number of benzene rings is 1. The van der Waals surface area contributed by atoms with Crippen LogP contribution in [0.5, 0.6) is 0 Å². The fourth-order valence-corrected chi connectivity index (χ4v) is 1.20. The van der Waals surface area contributed by atoms with E-state index in [9.17, 15) is 22.4 Å². The Morgan fingerprint density at radius 2 is 1.88 bits per heavy atom. The maximum atomic E-state index is 13.2. The van der Waals surface area contributed by atoms with E-state index in [4.69, 9.17) is 15.9 Å². The first kappa shape index (κ1) is 13.2. The fraction of sp³-hybridized carbons (Fsp3) is 0.222. The minimum atomic E-state index is -4.94. The second-order valence-electron chi connectivity index (χ2n) is 3.17. The van der Waals surface area contributed by atoms with Gasteiger partial charge in [-0.05, 0) is 6.07 Å². The standard InChI is InChI=1S/C9H7F4NO3/c10-5-4(9(11,12)13)2-1-3(6(5)14)7(15)8(16)17/h1-2,7,15H,14H2,(H,16,17). The first-order chi connectivity index (χ1) is 7.66. The molecule has 17 heavy (non-hydrogen) atoms. The summed E-state index contributed by atoms with van der Waals surface area (Å²) in [7, 11) is 0. The van der Waals surface area contributed by atoms with Crippen molar-refractivity contribution in [1.29, 1.82) is 0 Å². The van der Waals surface area contributed by atoms with Crippen molar-refractivity contribution in [2.45, 2.75) is 12.3 Å². The van der Waals surface area contributed by atoms with Crippen LogP contribution in [0.3, 0.4) is 0 Å². The maximum Gasteiger partial charge on any atom is 0.419 e. The van der Waals surface area contributed by atoms with E-state index >= 15 is 0 Å². The highest BCUT2D eigenvalue weighted by molar-refractivity contribution is 5.76. The molecule has 1 aromatic rings. The van der Waals surface area contributed by atoms with E-state index in [1.807, 2.05) is 0 Å². The number of nitrogen functional groups attached to an aromatic ring is 1. The minimum Gasteiger partial charge on any atom is -0.479 e. The Morgan fingerprint density at radius 3 is 2.29 bits per heavy atom. The van der Waals surface area contributed by atoms with Crippen LogP contribution in [0.15, 0.2) is 12.1 Å². The van der Waals surface area contributed by atoms with Crippen LogP contribution < -0.4 is 5.73 Å². The minimum absolute atomic E-state index is 0.327. The number of aliphatic hydroxyl groups excluding tert-OH is 1. The zero-order chi connectivity index (χ0) is 13.4. The number of nitrogens with two attached hydrogens (primary N) is 1. The first-order valence-electron chi connectivity index (χ1n) is 4.22. The summed E-state index contributed by atoms with van der Waals surface area (Å²) in [5, 5.41) is 17.5. The number of halogens is 4. The van der Waals surface area contributed by atoms with E-state index in [1.165, 1.54) is 0 Å². The van der Waals surface area contributed by atoms with Gasteiger partial charge in [0.15, 0.2) is 11.9 Å². The Balaban J connectivity index is 3.34. The van der Waals surface area contributed by atoms with Crippen LogP contribution in [-0.2, 0) is 11.0 Å². The molecule has 0 amide bonds. The Hall–Kier alpha value is -1.83. The zero-order valence-corrected chi connectivity index (χ0v) is 8.12. The van der Waals surface area contributed by atoms with Crippen molar-refractivity contribution in [1.82, 2.24) is 0 Å². The molecular formula is C9H7F4NO3. The Morgan fingerprint density at radius 1 is 1.35 bits per heavy atom. The lowest BCUT2D eigenvalue weighted by molar-refractivity contribution is -0.146. The molecule has 0 aliphatic heterocycles. The molecule has 0 fully saturated rings. The largest absolute Gasteiger partial charge is 0.479 e. The molecule has 0 aromatic heterocycles. The number of carbonyl (C=O) groups is 1. The van der Waals surface area contributed by atoms with Gasteiger partial charge in [-0.25, -0.2) is 9.18 Å². The normalized spacial score (nSPS) is 13.5. The Kier molecular flexibility index (Phi) is 3.28. The predicted octanol–water partition coefficient (Wildman–Crippen LogP) is 1.54. The van der Waals surface area contributed by atoms with Crippen molar-refractivity contribution in [3.05, 3.63) is 29.1 Å². The maximum absolute atomic E-state index is 13.2. The number of anilines is 1. The van der Waals surface area contributed by atoms with Gasteiger partial charge in [-0.2, -0.15) is 13.2 Å². The monoisotopic (exact) mass is 253 g/mol. The number of hydrogen-bond donors (Lipinski definition) is 3. The molecule has 0 aliphatic rings. The topological polar surface area (TPSA) is 83.5 Å². The number of alkyl halides is 3. The first-order valence-corrected chi connectivity index (χ1v) is 4.22. The number of rotatable bonds is 2. The van der Waals surface area contributed by atoms with Crippen molar-refractivity contribution in [3.63, 3.8) is 0 Å². The van der Waals surface area contributed by atoms with E-state index in [-0.39, 0.29) is 0 Å². The van der Waals surface area contributed by atoms with E-state index < -0.39 is 40.9 Å². The van der Waals surface area contributed by atoms with Crippen molar-refractivity contribution in [2.75, 3.05) is 5.73 Å². The third kappa shape index (κ3) is 2.47. The van der Waals surface area contributed by atoms with E-state index in [0.717, 1.165) is 0 Å². The highest BCUT2D eigenvalue weighted by atomic mass is 19.4. The number of carboxylic acid groups (broad SMARTS) is 1. The summed E-state index contributed by atoms with van der Waals surface area (Å²) in [6, 6.07) is 0.952. The SMILES string of the molecule is Nc1c(C(O)C(=O)O)ccc(C(F)(F)F)c1F. The second kappa shape index (κ2) is 4.21. The van der Waals surface area contributed by atoms with Gasteiger partial charge in [0, 0.05) is 5.56 Å². The molecule has 0 saturated heterocycles. The van der Waals surface area contributed by atoms with Crippen LogP contribution >= 0.6 is 0 Å². The summed E-state index contributed by atoms with van der Waals surface area (Å²) in [6.07, 6.45) is -7.11. The molecule has 1 aromatic carbocycles. The molecule has 0 saturated carbocycles. The predicted molar refractivity (Wildman–Crippen MR) is 48.4 cm³/mol. The van der Waals surface area contributed by atoms with Gasteiger partial charge < -0.3 is 15.9 Å². The fourth-order valence-electron chi connectivity index (χ4n) is 1.20. The van der Waals surface area contributed by atoms with E-state index in [0.29, 0.717) is 12.1 Å². The Bertz CT molecular complexity index is 458. The molecule has 1 rings (SSSR count). The lowest BCUT2D eigenvalue weighted by Crippen LogP contribution is -2.16. The van der Waals surface area contributed by atoms with E-state index in [2.05, 4.69) is 0 Å². The zero-order valence-electron chi connectivity index (χ0n) is 8.12. The summed E-state index contributed by atoms with van der Waals surface area (Å²) in [4.78, 5) is 10.4. The summed E-state index contributed by atoms with van der Waals surface area (Å²) in [6.45, 7) is 0. The molecule has 94 valence electrons. The molecule has 0 aliphatic carbocycles. The summed E-state index contributed by atoms with van der Waals surface area (Å²) in [5.74, 6) is -3.54. The molecule has 1 atom stereocenters. The van der Waals surface area contributed by atoms with E-state index in [1.54, 1.807) is 0 Å². The lowest BCUT2D eigenvalue weighted by atomic mass is 10.0. The molecule has 0 spiro atoms. The number of aliphatic carboxylic acids is 1. The molecule has 1 unspecified atom stereocenters. The average molecular weight is 253 g/mol. The number of aliphatic hydroxyl groups is 1. The van der Waals surface area contributed by atoms with Gasteiger partial charge in [0.25, 0.3) is 0 Å². The van der Waals surface area contributed by atoms with Crippen molar-refractivity contribution >= 4 is 11.7 Å². The van der Waals surface area contributed by atoms with Crippen molar-refractivity contribution in [2.24, 2.45) is 0 Å². The molecule has 4 nitrogen and oxygen atoms in total. The van der Waals surface area contributed by atoms with Gasteiger partial charge in [-0.3, -0.25) is 0 Å². The van der Waals surface area contributed by atoms with Crippen LogP contribution in [0, 0.1) is 5.82 Å². The third-order valence-electron chi connectivity index (χ3n) is 2.05. The van der Waals surface area contributed by atoms with Gasteiger partial charge in [-0.1, -0.05) is 6.07 Å². The van der Waals surface area contributed by atoms with Gasteiger partial charge in [0.2, 0.25) is 0 Å². The molecule has 0 heterocycles. The average Bonchev–Trinajstić information content (AvgIpc) is 2.19. The van der Waals surface area contributed by atoms with Crippen LogP contribution in [0.2, 0.25) is 0 Å². The van der Waals surface area contributed by atoms with Crippen molar-refractivity contribution < 1.29 is 32.6 Å². The van der Waals surface area contributed by atoms with Crippen LogP contribution in [0.4, 0.5) is 23.2 Å². The lowest BCUT2D eigenvalue weighted by Gasteiger charge is -2.14. The van der Waals surface area contributed by atoms with Gasteiger partial charge in [-0.15, -0.1) is 0 Å². The highest BCUT2D eigenvalue weighted by Gasteiger charge is 2.36. The summed E-state index contributed by atoms with van der Waals surface area (Å²) < 4.78 is 50.0. The van der Waals surface area contributed by atoms with Crippen LogP contribution in [0.25, 0.3) is 0 Å². The van der Waals surface area contributed by atoms with Gasteiger partial charge in [0.1, 0.15) is 0 Å². The van der Waals surface area contributed by atoms with Crippen molar-refractivity contribution in [3.8, 4) is 0 Å². The van der Waals surface area contributed by atoms with Crippen LogP contribution in [0.1, 0.15) is 17.2 Å². The summed E-state index contributed by atoms with van der Waals surface area (Å²) in [5.41, 5.74) is 1.75. The highest BCUT2D eigenvalue weighted by Crippen LogP contribution is 2.35. The third-order valence-corrected chi connectivity index (χ3v) is 2.05. The molecular weight excluding hydrogens is 246 g/mol. The molecule has 4 N–H and O–H groups in total. The molecule has 0 radical (unpaired) electrons. The Labute approximate surface area is 92.3 Å². The summed E-state index contributed by atoms with van der Waals surface area (Å²) >= 11 is 0. The molecule has 0 bridgehead atoms. The number of hydrogen-bond acceptors (Lipinski definition) is 3. The van der Waals surface area contributed by atoms with Gasteiger partial charge >= 0.3 is 12.1 Å². The van der Waals surface area contributed by atoms with Gasteiger partial charge in [0.05, 0.1) is 11.3 Å².